The maximum atomic E-state index is 12.0. The molecule has 0 saturated carbocycles. The van der Waals surface area contributed by atoms with Crippen LogP contribution in [0.4, 0.5) is 5.69 Å². The van der Waals surface area contributed by atoms with E-state index >= 15 is 0 Å². The van der Waals surface area contributed by atoms with E-state index in [2.05, 4.69) is 5.32 Å². The van der Waals surface area contributed by atoms with Gasteiger partial charge in [0.1, 0.15) is 11.5 Å². The number of rotatable bonds is 6. The molecule has 0 bridgehead atoms. The summed E-state index contributed by atoms with van der Waals surface area (Å²) in [7, 11) is 0. The molecule has 0 atom stereocenters. The quantitative estimate of drug-likeness (QED) is 0.728. The Kier molecular flexibility index (Phi) is 4.57. The highest BCUT2D eigenvalue weighted by atomic mass is 16.5. The van der Waals surface area contributed by atoms with Crippen molar-refractivity contribution in [3.05, 3.63) is 47.9 Å². The number of anilines is 1. The normalized spacial score (nSPS) is 10.1. The van der Waals surface area contributed by atoms with E-state index in [1.807, 2.05) is 0 Å². The average Bonchev–Trinajstić information content (AvgIpc) is 2.94. The number of nitrogens with one attached hydrogen (secondary N) is 1. The molecule has 0 aliphatic carbocycles. The topological polar surface area (TPSA) is 121 Å². The molecule has 0 radical (unpaired) electrons. The molecule has 1 aromatic heterocycles. The van der Waals surface area contributed by atoms with Gasteiger partial charge in [-0.15, -0.1) is 0 Å². The van der Waals surface area contributed by atoms with Gasteiger partial charge < -0.3 is 25.9 Å². The second-order valence-corrected chi connectivity index (χ2v) is 4.21. The van der Waals surface area contributed by atoms with Crippen LogP contribution >= 0.6 is 0 Å². The van der Waals surface area contributed by atoms with Gasteiger partial charge in [0.05, 0.1) is 6.54 Å². The highest BCUT2D eigenvalue weighted by Gasteiger charge is 2.11. The van der Waals surface area contributed by atoms with Gasteiger partial charge in [-0.3, -0.25) is 9.59 Å². The smallest absolute Gasteiger partial charge is 0.291 e. The van der Waals surface area contributed by atoms with Crippen molar-refractivity contribution >= 4 is 17.5 Å². The molecule has 7 nitrogen and oxygen atoms in total. The van der Waals surface area contributed by atoms with Crippen LogP contribution in [0.5, 0.6) is 5.75 Å². The van der Waals surface area contributed by atoms with Crippen LogP contribution in [0.1, 0.15) is 16.3 Å². The van der Waals surface area contributed by atoms with Gasteiger partial charge in [0.2, 0.25) is 0 Å². The fourth-order valence-corrected chi connectivity index (χ4v) is 1.62. The molecule has 0 aliphatic rings. The monoisotopic (exact) mass is 289 g/mol. The van der Waals surface area contributed by atoms with Crippen LogP contribution in [0.15, 0.2) is 40.8 Å². The zero-order valence-electron chi connectivity index (χ0n) is 11.2. The molecule has 2 aromatic rings. The number of carbonyl (C=O) groups is 2. The van der Waals surface area contributed by atoms with Gasteiger partial charge in [-0.2, -0.15) is 0 Å². The van der Waals surface area contributed by atoms with E-state index < -0.39 is 11.8 Å². The Labute approximate surface area is 120 Å². The second kappa shape index (κ2) is 6.58. The zero-order valence-corrected chi connectivity index (χ0v) is 11.2. The van der Waals surface area contributed by atoms with Crippen LogP contribution in [-0.2, 0) is 11.3 Å². The van der Waals surface area contributed by atoms with Gasteiger partial charge in [0, 0.05) is 11.8 Å². The molecular formula is C14H15N3O4. The van der Waals surface area contributed by atoms with Crippen molar-refractivity contribution in [2.24, 2.45) is 11.5 Å². The average molecular weight is 289 g/mol. The van der Waals surface area contributed by atoms with E-state index in [0.717, 1.165) is 0 Å². The molecule has 2 rings (SSSR count). The lowest BCUT2D eigenvalue weighted by molar-refractivity contribution is -0.119. The Bertz CT molecular complexity index is 651. The minimum atomic E-state index is -0.575. The molecule has 110 valence electrons. The van der Waals surface area contributed by atoms with Gasteiger partial charge >= 0.3 is 0 Å². The molecule has 0 aliphatic heterocycles. The lowest BCUT2D eigenvalue weighted by Crippen LogP contribution is -2.20. The van der Waals surface area contributed by atoms with Crippen molar-refractivity contribution in [2.45, 2.75) is 6.54 Å². The van der Waals surface area contributed by atoms with Gasteiger partial charge in [0.25, 0.3) is 11.8 Å². The molecule has 7 heteroatoms. The number of hydrogen-bond donors (Lipinski definition) is 3. The summed E-state index contributed by atoms with van der Waals surface area (Å²) in [5, 5.41) is 2.65. The number of primary amides is 1. The summed E-state index contributed by atoms with van der Waals surface area (Å²) < 4.78 is 10.4. The van der Waals surface area contributed by atoms with Crippen LogP contribution in [0.3, 0.4) is 0 Å². The number of carbonyl (C=O) groups excluding carboxylic acids is 2. The van der Waals surface area contributed by atoms with Gasteiger partial charge in [-0.25, -0.2) is 0 Å². The summed E-state index contributed by atoms with van der Waals surface area (Å²) >= 11 is 0. The maximum Gasteiger partial charge on any atom is 0.291 e. The minimum Gasteiger partial charge on any atom is -0.484 e. The third-order valence-corrected chi connectivity index (χ3v) is 2.56. The predicted octanol–water partition coefficient (Wildman–Crippen LogP) is 0.855. The highest BCUT2D eigenvalue weighted by molar-refractivity contribution is 6.02. The fraction of sp³-hybridized carbons (Fsp3) is 0.143. The SMILES string of the molecule is NCc1ccc(C(=O)Nc2cccc(OCC(N)=O)c2)o1. The standard InChI is InChI=1S/C14H15N3O4/c15-7-11-4-5-12(21-11)14(19)17-9-2-1-3-10(6-9)20-8-13(16)18/h1-6H,7-8,15H2,(H2,16,18)(H,17,19). The molecule has 2 amide bonds. The van der Waals surface area contributed by atoms with E-state index in [9.17, 15) is 9.59 Å². The number of hydrogen-bond acceptors (Lipinski definition) is 5. The lowest BCUT2D eigenvalue weighted by Gasteiger charge is -2.07. The van der Waals surface area contributed by atoms with Crippen molar-refractivity contribution < 1.29 is 18.7 Å². The second-order valence-electron chi connectivity index (χ2n) is 4.21. The third kappa shape index (κ3) is 4.08. The molecule has 1 aromatic carbocycles. The summed E-state index contributed by atoms with van der Waals surface area (Å²) in [4.78, 5) is 22.6. The number of furan rings is 1. The Morgan fingerprint density at radius 3 is 2.71 bits per heavy atom. The molecule has 21 heavy (non-hydrogen) atoms. The number of ether oxygens (including phenoxy) is 1. The first-order valence-corrected chi connectivity index (χ1v) is 6.20. The predicted molar refractivity (Wildman–Crippen MR) is 75.7 cm³/mol. The number of benzene rings is 1. The largest absolute Gasteiger partial charge is 0.484 e. The number of amides is 2. The van der Waals surface area contributed by atoms with E-state index in [1.54, 1.807) is 36.4 Å². The summed E-state index contributed by atoms with van der Waals surface area (Å²) in [6.45, 7) is -0.000827. The molecule has 5 N–H and O–H groups in total. The van der Waals surface area contributed by atoms with E-state index in [4.69, 9.17) is 20.6 Å². The molecule has 0 unspecified atom stereocenters. The van der Waals surface area contributed by atoms with Crippen molar-refractivity contribution in [3.8, 4) is 5.75 Å². The van der Waals surface area contributed by atoms with E-state index in [-0.39, 0.29) is 18.9 Å². The fourth-order valence-electron chi connectivity index (χ4n) is 1.62. The van der Waals surface area contributed by atoms with E-state index in [0.29, 0.717) is 17.2 Å². The van der Waals surface area contributed by atoms with E-state index in [1.165, 1.54) is 0 Å². The van der Waals surface area contributed by atoms with Crippen LogP contribution in [-0.4, -0.2) is 18.4 Å². The first-order valence-electron chi connectivity index (χ1n) is 6.20. The summed E-state index contributed by atoms with van der Waals surface area (Å²) in [5.41, 5.74) is 10.9. The Morgan fingerprint density at radius 1 is 1.24 bits per heavy atom. The Morgan fingerprint density at radius 2 is 2.05 bits per heavy atom. The summed E-state index contributed by atoms with van der Waals surface area (Å²) in [6, 6.07) is 9.78. The molecular weight excluding hydrogens is 274 g/mol. The molecule has 0 saturated heterocycles. The van der Waals surface area contributed by atoms with Gasteiger partial charge in [-0.1, -0.05) is 6.07 Å². The van der Waals surface area contributed by atoms with Crippen LogP contribution < -0.4 is 21.5 Å². The van der Waals surface area contributed by atoms with Crippen LogP contribution in [0, 0.1) is 0 Å². The Hall–Kier alpha value is -2.80. The van der Waals surface area contributed by atoms with Crippen molar-refractivity contribution in [3.63, 3.8) is 0 Å². The maximum absolute atomic E-state index is 12.0. The number of nitrogens with two attached hydrogens (primary N) is 2. The zero-order chi connectivity index (χ0) is 15.2. The van der Waals surface area contributed by atoms with Crippen LogP contribution in [0.2, 0.25) is 0 Å². The highest BCUT2D eigenvalue weighted by Crippen LogP contribution is 2.18. The van der Waals surface area contributed by atoms with Crippen molar-refractivity contribution in [1.82, 2.24) is 0 Å². The van der Waals surface area contributed by atoms with Gasteiger partial charge in [-0.05, 0) is 24.3 Å². The minimum absolute atomic E-state index is 0.166. The van der Waals surface area contributed by atoms with Crippen molar-refractivity contribution in [1.29, 1.82) is 0 Å². The van der Waals surface area contributed by atoms with Crippen molar-refractivity contribution in [2.75, 3.05) is 11.9 Å². The van der Waals surface area contributed by atoms with Crippen LogP contribution in [0.25, 0.3) is 0 Å². The summed E-state index contributed by atoms with van der Waals surface area (Å²) in [6.07, 6.45) is 0. The molecule has 0 spiro atoms. The first-order chi connectivity index (χ1) is 10.1. The molecule has 1 heterocycles. The summed E-state index contributed by atoms with van der Waals surface area (Å²) in [5.74, 6) is 0.141. The van der Waals surface area contributed by atoms with Gasteiger partial charge in [0.15, 0.2) is 12.4 Å². The first kappa shape index (κ1) is 14.6. The Balaban J connectivity index is 2.03. The lowest BCUT2D eigenvalue weighted by atomic mass is 10.3. The third-order valence-electron chi connectivity index (χ3n) is 2.56. The molecule has 0 fully saturated rings.